The van der Waals surface area contributed by atoms with Gasteiger partial charge in [-0.25, -0.2) is 10.5 Å². The van der Waals surface area contributed by atoms with Gasteiger partial charge in [0.15, 0.2) is 5.78 Å². The van der Waals surface area contributed by atoms with Gasteiger partial charge in [0.25, 0.3) is 5.91 Å². The third-order valence-corrected chi connectivity index (χ3v) is 4.79. The van der Waals surface area contributed by atoms with Gasteiger partial charge in [0, 0.05) is 42.5 Å². The zero-order valence-corrected chi connectivity index (χ0v) is 17.1. The minimum Gasteiger partial charge on any atom is -0.368 e. The maximum atomic E-state index is 12.5. The number of benzene rings is 1. The van der Waals surface area contributed by atoms with E-state index in [1.165, 1.54) is 23.7 Å². The van der Waals surface area contributed by atoms with Crippen LogP contribution in [0.25, 0.3) is 12.2 Å². The van der Waals surface area contributed by atoms with Gasteiger partial charge >= 0.3 is 0 Å². The van der Waals surface area contributed by atoms with Crippen molar-refractivity contribution in [2.24, 2.45) is 0 Å². The molecule has 3 rings (SSSR count). The van der Waals surface area contributed by atoms with Crippen molar-refractivity contribution in [3.63, 3.8) is 0 Å². The molecule has 1 amide bonds. The summed E-state index contributed by atoms with van der Waals surface area (Å²) in [5.74, 6) is -0.743. The molecule has 1 aromatic heterocycles. The summed E-state index contributed by atoms with van der Waals surface area (Å²) in [6.07, 6.45) is 5.77. The molecule has 1 aliphatic heterocycles. The zero-order valence-electron chi connectivity index (χ0n) is 17.1. The first-order valence-electron chi connectivity index (χ1n) is 9.87. The van der Waals surface area contributed by atoms with Crippen molar-refractivity contribution in [2.45, 2.75) is 25.9 Å². The normalized spacial score (nSPS) is 19.4. The number of hydroxylamine groups is 1. The molecule has 1 aromatic carbocycles. The predicted molar refractivity (Wildman–Crippen MR) is 117 cm³/mol. The monoisotopic (exact) mass is 406 g/mol. The Morgan fingerprint density at radius 1 is 1.03 bits per heavy atom. The Bertz CT molecular complexity index is 943. The Morgan fingerprint density at radius 2 is 1.63 bits per heavy atom. The molecule has 1 saturated heterocycles. The van der Waals surface area contributed by atoms with Crippen molar-refractivity contribution in [3.05, 3.63) is 71.6 Å². The van der Waals surface area contributed by atoms with E-state index in [0.717, 1.165) is 18.8 Å². The van der Waals surface area contributed by atoms with Crippen molar-refractivity contribution >= 4 is 29.5 Å². The lowest BCUT2D eigenvalue weighted by Gasteiger charge is -2.37. The number of hydrogen-bond donors (Lipinski definition) is 3. The van der Waals surface area contributed by atoms with Crippen LogP contribution in [0.4, 0.5) is 5.69 Å². The number of nitrogens with one attached hydrogen (secondary N) is 2. The highest BCUT2D eigenvalue weighted by molar-refractivity contribution is 6.06. The van der Waals surface area contributed by atoms with Crippen molar-refractivity contribution in [1.29, 1.82) is 0 Å². The van der Waals surface area contributed by atoms with Gasteiger partial charge in [0.2, 0.25) is 0 Å². The van der Waals surface area contributed by atoms with E-state index in [9.17, 15) is 9.59 Å². The molecule has 2 aromatic rings. The van der Waals surface area contributed by atoms with Crippen LogP contribution in [0.2, 0.25) is 0 Å². The maximum Gasteiger partial charge on any atom is 0.267 e. The first kappa shape index (κ1) is 21.4. The Hall–Kier alpha value is -3.29. The number of allylic oxidation sites excluding steroid dienone is 1. The topological polar surface area (TPSA) is 94.6 Å². The van der Waals surface area contributed by atoms with Gasteiger partial charge in [0.05, 0.1) is 11.4 Å². The van der Waals surface area contributed by atoms with Crippen LogP contribution in [0.1, 0.15) is 35.6 Å². The van der Waals surface area contributed by atoms with Gasteiger partial charge in [0.1, 0.15) is 0 Å². The average Bonchev–Trinajstić information content (AvgIpc) is 2.75. The van der Waals surface area contributed by atoms with Crippen molar-refractivity contribution < 1.29 is 14.8 Å². The quantitative estimate of drug-likeness (QED) is 0.296. The molecule has 2 heterocycles. The van der Waals surface area contributed by atoms with Crippen LogP contribution in [-0.4, -0.2) is 47.1 Å². The first-order chi connectivity index (χ1) is 14.4. The van der Waals surface area contributed by atoms with Gasteiger partial charge in [-0.3, -0.25) is 14.8 Å². The highest BCUT2D eigenvalue weighted by Gasteiger charge is 2.21. The smallest absolute Gasteiger partial charge is 0.267 e. The van der Waals surface area contributed by atoms with Gasteiger partial charge in [-0.2, -0.15) is 0 Å². The second kappa shape index (κ2) is 9.96. The fourth-order valence-corrected chi connectivity index (χ4v) is 3.48. The fourth-order valence-electron chi connectivity index (χ4n) is 3.48. The van der Waals surface area contributed by atoms with E-state index in [1.807, 2.05) is 24.3 Å². The molecule has 0 aliphatic carbocycles. The number of nitrogens with zero attached hydrogens (tertiary/aromatic N) is 2. The third-order valence-electron chi connectivity index (χ3n) is 4.79. The molecule has 0 spiro atoms. The number of rotatable bonds is 6. The maximum absolute atomic E-state index is 12.5. The highest BCUT2D eigenvalue weighted by Crippen LogP contribution is 2.19. The van der Waals surface area contributed by atoms with Crippen LogP contribution < -0.4 is 15.7 Å². The number of piperazine rings is 1. The zero-order chi connectivity index (χ0) is 21.5. The van der Waals surface area contributed by atoms with Crippen molar-refractivity contribution in [3.8, 4) is 0 Å². The van der Waals surface area contributed by atoms with E-state index in [0.29, 0.717) is 29.0 Å². The molecular formula is C23H26N4O3. The average molecular weight is 406 g/mol. The Labute approximate surface area is 176 Å². The van der Waals surface area contributed by atoms with Crippen LogP contribution in [0, 0.1) is 0 Å². The van der Waals surface area contributed by atoms with Crippen molar-refractivity contribution in [1.82, 2.24) is 15.8 Å². The summed E-state index contributed by atoms with van der Waals surface area (Å²) in [6, 6.07) is 13.8. The number of carbonyl (C=O) groups excluding carboxylic acids is 2. The summed E-state index contributed by atoms with van der Waals surface area (Å²) < 4.78 is 0. The molecule has 156 valence electrons. The summed E-state index contributed by atoms with van der Waals surface area (Å²) in [4.78, 5) is 30.2. The molecule has 30 heavy (non-hydrogen) atoms. The van der Waals surface area contributed by atoms with E-state index in [-0.39, 0.29) is 5.78 Å². The van der Waals surface area contributed by atoms with Crippen LogP contribution >= 0.6 is 0 Å². The van der Waals surface area contributed by atoms with E-state index >= 15 is 0 Å². The fraction of sp³-hybridized carbons (Fsp3) is 0.261. The highest BCUT2D eigenvalue weighted by atomic mass is 16.5. The predicted octanol–water partition coefficient (Wildman–Crippen LogP) is 2.68. The molecule has 7 nitrogen and oxygen atoms in total. The molecule has 1 aliphatic rings. The van der Waals surface area contributed by atoms with Crippen molar-refractivity contribution in [2.75, 3.05) is 18.0 Å². The third kappa shape index (κ3) is 5.85. The molecule has 0 saturated carbocycles. The van der Waals surface area contributed by atoms with E-state index < -0.39 is 5.91 Å². The van der Waals surface area contributed by atoms with E-state index in [4.69, 9.17) is 5.21 Å². The standard InChI is InChI=1S/C23H26N4O3/c1-16-14-27(15-17(2)24-16)21-10-6-18(7-11-21)22(28)12-8-19-4-3-5-20(25-19)9-13-23(29)26-30/h3-13,16-17,24,30H,14-15H2,1-2H3,(H,26,29)/b12-8+,13-9+/t16-,17+. The number of carbonyl (C=O) groups is 2. The molecule has 2 atom stereocenters. The van der Waals surface area contributed by atoms with E-state index in [1.54, 1.807) is 24.3 Å². The SMILES string of the molecule is C[C@@H]1CN(c2ccc(C(=O)/C=C/c3cccc(/C=C/C(=O)NO)n3)cc2)C[C@H](C)N1. The molecule has 0 unspecified atom stereocenters. The molecule has 3 N–H and O–H groups in total. The van der Waals surface area contributed by atoms with E-state index in [2.05, 4.69) is 29.0 Å². The summed E-state index contributed by atoms with van der Waals surface area (Å²) in [5, 5.41) is 12.0. The molecule has 1 fully saturated rings. The number of anilines is 1. The van der Waals surface area contributed by atoms with Crippen LogP contribution in [-0.2, 0) is 4.79 Å². The number of amides is 1. The Balaban J connectivity index is 1.65. The Kier molecular flexibility index (Phi) is 7.11. The summed E-state index contributed by atoms with van der Waals surface area (Å²) in [5.41, 5.74) is 4.38. The van der Waals surface area contributed by atoms with Crippen LogP contribution in [0.15, 0.2) is 54.6 Å². The second-order valence-corrected chi connectivity index (χ2v) is 7.41. The molecule has 7 heteroatoms. The lowest BCUT2D eigenvalue weighted by molar-refractivity contribution is -0.124. The summed E-state index contributed by atoms with van der Waals surface area (Å²) in [6.45, 7) is 6.22. The number of aromatic nitrogens is 1. The summed E-state index contributed by atoms with van der Waals surface area (Å²) in [7, 11) is 0. The van der Waals surface area contributed by atoms with Crippen LogP contribution in [0.5, 0.6) is 0 Å². The lowest BCUT2D eigenvalue weighted by Crippen LogP contribution is -2.54. The van der Waals surface area contributed by atoms with Gasteiger partial charge in [-0.1, -0.05) is 6.07 Å². The minimum atomic E-state index is -0.638. The Morgan fingerprint density at radius 3 is 2.23 bits per heavy atom. The van der Waals surface area contributed by atoms with Gasteiger partial charge in [-0.15, -0.1) is 0 Å². The van der Waals surface area contributed by atoms with Gasteiger partial charge < -0.3 is 10.2 Å². The molecular weight excluding hydrogens is 380 g/mol. The van der Waals surface area contributed by atoms with Crippen LogP contribution in [0.3, 0.4) is 0 Å². The number of hydrogen-bond acceptors (Lipinski definition) is 6. The lowest BCUT2D eigenvalue weighted by atomic mass is 10.1. The second-order valence-electron chi connectivity index (χ2n) is 7.41. The number of ketones is 1. The van der Waals surface area contributed by atoms with Gasteiger partial charge in [-0.05, 0) is 68.5 Å². The minimum absolute atomic E-state index is 0.106. The largest absolute Gasteiger partial charge is 0.368 e. The molecule has 0 radical (unpaired) electrons. The summed E-state index contributed by atoms with van der Waals surface area (Å²) >= 11 is 0. The number of pyridine rings is 1. The first-order valence-corrected chi connectivity index (χ1v) is 9.87. The molecule has 0 bridgehead atoms.